The van der Waals surface area contributed by atoms with Gasteiger partial charge >= 0.3 is 6.03 Å². The summed E-state index contributed by atoms with van der Waals surface area (Å²) in [6, 6.07) is -0.402. The number of Topliss-reactive ketones (excluding diaryl/α,β-unsaturated/α-hetero) is 2. The molecule has 0 aromatic heterocycles. The van der Waals surface area contributed by atoms with E-state index >= 15 is 0 Å². The van der Waals surface area contributed by atoms with E-state index in [1.54, 1.807) is 6.08 Å². The van der Waals surface area contributed by atoms with Gasteiger partial charge in [0.05, 0.1) is 6.54 Å². The summed E-state index contributed by atoms with van der Waals surface area (Å²) in [7, 11) is 0. The number of carbonyl (C=O) groups excluding carboxylic acids is 4. The van der Waals surface area contributed by atoms with E-state index in [2.05, 4.69) is 10.6 Å². The Morgan fingerprint density at radius 1 is 0.850 bits per heavy atom. The van der Waals surface area contributed by atoms with Crippen LogP contribution in [0.4, 0.5) is 4.79 Å². The number of carbonyl (C=O) groups is 4. The molecular weight excluding hydrogens is 260 g/mol. The number of hydrogen-bond donors (Lipinski definition) is 2. The smallest absolute Gasteiger partial charge is 0.315 e. The van der Waals surface area contributed by atoms with E-state index in [1.165, 1.54) is 6.08 Å². The van der Waals surface area contributed by atoms with Crippen LogP contribution in [0.2, 0.25) is 0 Å². The van der Waals surface area contributed by atoms with E-state index in [0.717, 1.165) is 0 Å². The van der Waals surface area contributed by atoms with E-state index in [1.807, 2.05) is 0 Å². The molecule has 0 fully saturated rings. The fraction of sp³-hybridized carbons (Fsp3) is 0.571. The third-order valence-corrected chi connectivity index (χ3v) is 2.91. The van der Waals surface area contributed by atoms with Crippen LogP contribution >= 0.6 is 0 Å². The van der Waals surface area contributed by atoms with Gasteiger partial charge in [-0.1, -0.05) is 6.08 Å². The highest BCUT2D eigenvalue weighted by molar-refractivity contribution is 5.93. The maximum absolute atomic E-state index is 11.5. The molecule has 0 bridgehead atoms. The summed E-state index contributed by atoms with van der Waals surface area (Å²) in [5.74, 6) is -0.195. The van der Waals surface area contributed by atoms with Crippen LogP contribution in [0, 0.1) is 0 Å². The van der Waals surface area contributed by atoms with Gasteiger partial charge in [-0.2, -0.15) is 0 Å². The summed E-state index contributed by atoms with van der Waals surface area (Å²) in [4.78, 5) is 45.7. The molecule has 2 amide bonds. The van der Waals surface area contributed by atoms with Gasteiger partial charge in [-0.3, -0.25) is 14.4 Å². The SMILES string of the molecule is O=C1/C=C\CCNC(=O)NCC(=O)CCCC(=O)CC1. The van der Waals surface area contributed by atoms with Gasteiger partial charge in [-0.25, -0.2) is 4.79 Å². The van der Waals surface area contributed by atoms with E-state index < -0.39 is 6.03 Å². The van der Waals surface area contributed by atoms with Crippen molar-refractivity contribution in [3.63, 3.8) is 0 Å². The summed E-state index contributed by atoms with van der Waals surface area (Å²) >= 11 is 0. The molecule has 6 nitrogen and oxygen atoms in total. The summed E-state index contributed by atoms with van der Waals surface area (Å²) in [6.07, 6.45) is 5.11. The number of nitrogens with one attached hydrogen (secondary N) is 2. The first-order valence-corrected chi connectivity index (χ1v) is 6.82. The maximum Gasteiger partial charge on any atom is 0.315 e. The third kappa shape index (κ3) is 7.45. The molecule has 1 rings (SSSR count). The van der Waals surface area contributed by atoms with Crippen LogP contribution in [-0.4, -0.2) is 36.5 Å². The molecule has 1 aliphatic heterocycles. The Morgan fingerprint density at radius 2 is 1.60 bits per heavy atom. The summed E-state index contributed by atoms with van der Waals surface area (Å²) in [6.45, 7) is 0.372. The average Bonchev–Trinajstić information content (AvgIpc) is 2.41. The lowest BCUT2D eigenvalue weighted by atomic mass is 10.1. The van der Waals surface area contributed by atoms with Crippen molar-refractivity contribution in [2.75, 3.05) is 13.1 Å². The predicted octanol–water partition coefficient (Wildman–Crippen LogP) is 0.903. The molecule has 0 unspecified atom stereocenters. The van der Waals surface area contributed by atoms with Crippen LogP contribution in [-0.2, 0) is 14.4 Å². The van der Waals surface area contributed by atoms with Gasteiger partial charge in [0, 0.05) is 32.2 Å². The molecule has 0 radical (unpaired) electrons. The second kappa shape index (κ2) is 9.01. The van der Waals surface area contributed by atoms with Crippen molar-refractivity contribution in [2.24, 2.45) is 0 Å². The third-order valence-electron chi connectivity index (χ3n) is 2.91. The molecule has 0 aliphatic carbocycles. The highest BCUT2D eigenvalue weighted by Gasteiger charge is 2.09. The summed E-state index contributed by atoms with van der Waals surface area (Å²) in [5, 5.41) is 5.05. The molecule has 0 atom stereocenters. The van der Waals surface area contributed by atoms with Crippen LogP contribution in [0.5, 0.6) is 0 Å². The Hall–Kier alpha value is -1.98. The molecule has 0 aromatic rings. The number of hydrogen-bond acceptors (Lipinski definition) is 4. The van der Waals surface area contributed by atoms with Gasteiger partial charge in [-0.15, -0.1) is 0 Å². The van der Waals surface area contributed by atoms with Crippen molar-refractivity contribution < 1.29 is 19.2 Å². The average molecular weight is 280 g/mol. The minimum Gasteiger partial charge on any atom is -0.338 e. The molecule has 0 aromatic carbocycles. The van der Waals surface area contributed by atoms with Crippen molar-refractivity contribution >= 4 is 23.4 Å². The van der Waals surface area contributed by atoms with Crippen molar-refractivity contribution in [1.82, 2.24) is 10.6 Å². The quantitative estimate of drug-likeness (QED) is 0.689. The first-order chi connectivity index (χ1) is 9.58. The summed E-state index contributed by atoms with van der Waals surface area (Å²) in [5.41, 5.74) is 0. The Balaban J connectivity index is 2.50. The minimum absolute atomic E-state index is 0.00246. The lowest BCUT2D eigenvalue weighted by molar-refractivity contribution is -0.122. The Bertz CT molecular complexity index is 415. The number of amides is 2. The maximum atomic E-state index is 11.5. The standard InChI is InChI=1S/C14H20N2O4/c17-11-4-1-2-9-15-14(20)16-10-13(19)6-3-5-12(18)8-7-11/h1,4H,2-3,5-10H2,(H2,15,16,20)/b4-1-. The van der Waals surface area contributed by atoms with Gasteiger partial charge < -0.3 is 10.6 Å². The Labute approximate surface area is 118 Å². The number of rotatable bonds is 0. The van der Waals surface area contributed by atoms with E-state index in [0.29, 0.717) is 25.8 Å². The number of urea groups is 1. The van der Waals surface area contributed by atoms with Gasteiger partial charge in [0.25, 0.3) is 0 Å². The largest absolute Gasteiger partial charge is 0.338 e. The summed E-state index contributed by atoms with van der Waals surface area (Å²) < 4.78 is 0. The second-order valence-electron chi connectivity index (χ2n) is 4.70. The van der Waals surface area contributed by atoms with Gasteiger partial charge in [0.15, 0.2) is 11.6 Å². The molecular formula is C14H20N2O4. The van der Waals surface area contributed by atoms with E-state index in [4.69, 9.17) is 0 Å². The van der Waals surface area contributed by atoms with Crippen LogP contribution in [0.1, 0.15) is 38.5 Å². The van der Waals surface area contributed by atoms with Crippen molar-refractivity contribution in [3.8, 4) is 0 Å². The fourth-order valence-corrected chi connectivity index (χ4v) is 1.77. The van der Waals surface area contributed by atoms with Crippen molar-refractivity contribution in [2.45, 2.75) is 38.5 Å². The Morgan fingerprint density at radius 3 is 2.40 bits per heavy atom. The van der Waals surface area contributed by atoms with E-state index in [-0.39, 0.29) is 43.2 Å². The highest BCUT2D eigenvalue weighted by Crippen LogP contribution is 2.03. The molecule has 1 heterocycles. The van der Waals surface area contributed by atoms with E-state index in [9.17, 15) is 19.2 Å². The van der Waals surface area contributed by atoms with Gasteiger partial charge in [0.1, 0.15) is 5.78 Å². The molecule has 2 N–H and O–H groups in total. The lowest BCUT2D eigenvalue weighted by Crippen LogP contribution is -2.38. The zero-order valence-corrected chi connectivity index (χ0v) is 11.4. The van der Waals surface area contributed by atoms with Gasteiger partial charge in [-0.05, 0) is 18.9 Å². The highest BCUT2D eigenvalue weighted by atomic mass is 16.2. The van der Waals surface area contributed by atoms with Crippen LogP contribution in [0.3, 0.4) is 0 Å². The van der Waals surface area contributed by atoms with Crippen molar-refractivity contribution in [3.05, 3.63) is 12.2 Å². The van der Waals surface area contributed by atoms with Crippen LogP contribution in [0.15, 0.2) is 12.2 Å². The molecule has 20 heavy (non-hydrogen) atoms. The molecule has 6 heteroatoms. The number of ketones is 3. The Kier molecular flexibility index (Phi) is 7.24. The zero-order valence-electron chi connectivity index (χ0n) is 11.4. The lowest BCUT2D eigenvalue weighted by Gasteiger charge is -2.06. The minimum atomic E-state index is -0.402. The van der Waals surface area contributed by atoms with Crippen LogP contribution in [0.25, 0.3) is 0 Å². The first kappa shape index (κ1) is 16.1. The van der Waals surface area contributed by atoms with Crippen LogP contribution < -0.4 is 10.6 Å². The molecule has 0 saturated carbocycles. The second-order valence-corrected chi connectivity index (χ2v) is 4.70. The van der Waals surface area contributed by atoms with Crippen molar-refractivity contribution in [1.29, 1.82) is 0 Å². The topological polar surface area (TPSA) is 92.3 Å². The molecule has 0 spiro atoms. The van der Waals surface area contributed by atoms with Gasteiger partial charge in [0.2, 0.25) is 0 Å². The predicted molar refractivity (Wildman–Crippen MR) is 73.3 cm³/mol. The fourth-order valence-electron chi connectivity index (χ4n) is 1.77. The monoisotopic (exact) mass is 280 g/mol. The molecule has 110 valence electrons. The molecule has 0 saturated heterocycles. The normalized spacial score (nSPS) is 22.0. The molecule has 1 aliphatic rings. The zero-order chi connectivity index (χ0) is 14.8. The first-order valence-electron chi connectivity index (χ1n) is 6.82. The number of allylic oxidation sites excluding steroid dienone is 1.